The smallest absolute Gasteiger partial charge is 0.186 e. The number of benzene rings is 1. The summed E-state index contributed by atoms with van der Waals surface area (Å²) in [5.41, 5.74) is 13.2. The molecule has 5 N–H and O–H groups in total. The standard InChI is InChI=1S/C12H18N4/c1-15-10-4-2-8(3-5-10)9-6-11(7-9)16-12(13)14/h2-5,9,11,15H,6-7H2,1H3,(H4,13,14,16). The maximum atomic E-state index is 5.34. The first-order valence-electron chi connectivity index (χ1n) is 5.55. The second kappa shape index (κ2) is 4.43. The maximum Gasteiger partial charge on any atom is 0.186 e. The van der Waals surface area contributed by atoms with Gasteiger partial charge in [0.2, 0.25) is 0 Å². The minimum absolute atomic E-state index is 0.203. The molecular weight excluding hydrogens is 200 g/mol. The van der Waals surface area contributed by atoms with E-state index in [2.05, 4.69) is 34.6 Å². The van der Waals surface area contributed by atoms with Gasteiger partial charge in [0.25, 0.3) is 0 Å². The Kier molecular flexibility index (Phi) is 2.99. The fourth-order valence-electron chi connectivity index (χ4n) is 2.10. The highest BCUT2D eigenvalue weighted by atomic mass is 15.0. The Bertz CT molecular complexity index is 373. The molecule has 0 bridgehead atoms. The molecule has 0 aromatic heterocycles. The molecule has 0 unspecified atom stereocenters. The number of nitrogens with two attached hydrogens (primary N) is 2. The molecule has 4 heteroatoms. The second-order valence-corrected chi connectivity index (χ2v) is 4.25. The number of rotatable bonds is 3. The van der Waals surface area contributed by atoms with Gasteiger partial charge in [-0.2, -0.15) is 0 Å². The lowest BCUT2D eigenvalue weighted by atomic mass is 9.76. The van der Waals surface area contributed by atoms with E-state index in [1.54, 1.807) is 0 Å². The van der Waals surface area contributed by atoms with E-state index < -0.39 is 0 Å². The first-order chi connectivity index (χ1) is 7.69. The van der Waals surface area contributed by atoms with Crippen molar-refractivity contribution in [3.63, 3.8) is 0 Å². The Morgan fingerprint density at radius 1 is 1.25 bits per heavy atom. The molecule has 1 saturated carbocycles. The molecule has 1 aromatic rings. The van der Waals surface area contributed by atoms with Gasteiger partial charge in [0.05, 0.1) is 6.04 Å². The van der Waals surface area contributed by atoms with Crippen LogP contribution in [0.4, 0.5) is 5.69 Å². The van der Waals surface area contributed by atoms with Crippen molar-refractivity contribution in [3.8, 4) is 0 Å². The van der Waals surface area contributed by atoms with Gasteiger partial charge in [0.1, 0.15) is 0 Å². The normalized spacial score (nSPS) is 23.3. The van der Waals surface area contributed by atoms with Gasteiger partial charge >= 0.3 is 0 Å². The average Bonchev–Trinajstić information content (AvgIpc) is 2.23. The van der Waals surface area contributed by atoms with Gasteiger partial charge in [-0.1, -0.05) is 12.1 Å². The Balaban J connectivity index is 1.93. The Hall–Kier alpha value is -1.71. The number of nitrogens with one attached hydrogen (secondary N) is 1. The lowest BCUT2D eigenvalue weighted by Gasteiger charge is -2.33. The van der Waals surface area contributed by atoms with E-state index in [0.29, 0.717) is 12.0 Å². The van der Waals surface area contributed by atoms with Gasteiger partial charge in [-0.05, 0) is 36.5 Å². The molecule has 2 rings (SSSR count). The third-order valence-electron chi connectivity index (χ3n) is 3.12. The van der Waals surface area contributed by atoms with Crippen molar-refractivity contribution in [2.45, 2.75) is 24.8 Å². The molecule has 0 aliphatic heterocycles. The van der Waals surface area contributed by atoms with E-state index >= 15 is 0 Å². The van der Waals surface area contributed by atoms with Crippen molar-refractivity contribution in [1.82, 2.24) is 0 Å². The van der Waals surface area contributed by atoms with Gasteiger partial charge in [0.15, 0.2) is 5.96 Å². The molecule has 0 saturated heterocycles. The quantitative estimate of drug-likeness (QED) is 0.528. The SMILES string of the molecule is CNc1ccc(C2CC(N=C(N)N)C2)cc1. The molecule has 1 aliphatic carbocycles. The van der Waals surface area contributed by atoms with Crippen molar-refractivity contribution in [2.24, 2.45) is 16.5 Å². The summed E-state index contributed by atoms with van der Waals surface area (Å²) in [6, 6.07) is 8.86. The van der Waals surface area contributed by atoms with Gasteiger partial charge in [0, 0.05) is 12.7 Å². The number of nitrogens with zero attached hydrogens (tertiary/aromatic N) is 1. The maximum absolute atomic E-state index is 5.34. The molecule has 0 heterocycles. The van der Waals surface area contributed by atoms with Crippen molar-refractivity contribution >= 4 is 11.6 Å². The molecule has 0 amide bonds. The summed E-state index contributed by atoms with van der Waals surface area (Å²) in [5.74, 6) is 0.813. The van der Waals surface area contributed by atoms with Crippen LogP contribution in [-0.4, -0.2) is 19.0 Å². The van der Waals surface area contributed by atoms with Crippen molar-refractivity contribution < 1.29 is 0 Å². The summed E-state index contributed by atoms with van der Waals surface area (Å²) >= 11 is 0. The zero-order valence-corrected chi connectivity index (χ0v) is 9.48. The molecule has 0 spiro atoms. The molecule has 16 heavy (non-hydrogen) atoms. The van der Waals surface area contributed by atoms with Crippen LogP contribution in [0, 0.1) is 0 Å². The predicted octanol–water partition coefficient (Wildman–Crippen LogP) is 1.25. The zero-order valence-electron chi connectivity index (χ0n) is 9.48. The summed E-state index contributed by atoms with van der Waals surface area (Å²) in [5, 5.41) is 3.11. The van der Waals surface area contributed by atoms with Crippen LogP contribution in [0.1, 0.15) is 24.3 Å². The third kappa shape index (κ3) is 2.27. The summed E-state index contributed by atoms with van der Waals surface area (Å²) in [4.78, 5) is 4.15. The third-order valence-corrected chi connectivity index (χ3v) is 3.12. The Morgan fingerprint density at radius 2 is 1.88 bits per heavy atom. The average molecular weight is 218 g/mol. The van der Waals surface area contributed by atoms with E-state index in [1.807, 2.05) is 7.05 Å². The van der Waals surface area contributed by atoms with Gasteiger partial charge in [-0.15, -0.1) is 0 Å². The van der Waals surface area contributed by atoms with E-state index in [-0.39, 0.29) is 5.96 Å². The van der Waals surface area contributed by atoms with Crippen molar-refractivity contribution in [3.05, 3.63) is 29.8 Å². The van der Waals surface area contributed by atoms with Gasteiger partial charge < -0.3 is 16.8 Å². The highest BCUT2D eigenvalue weighted by Gasteiger charge is 2.29. The molecular formula is C12H18N4. The number of guanidine groups is 1. The van der Waals surface area contributed by atoms with E-state index in [4.69, 9.17) is 11.5 Å². The molecule has 1 aromatic carbocycles. The minimum atomic E-state index is 0.203. The first-order valence-corrected chi connectivity index (χ1v) is 5.55. The van der Waals surface area contributed by atoms with E-state index in [1.165, 1.54) is 5.56 Å². The molecule has 1 fully saturated rings. The highest BCUT2D eigenvalue weighted by molar-refractivity contribution is 5.76. The number of anilines is 1. The number of hydrogen-bond donors (Lipinski definition) is 3. The van der Waals surface area contributed by atoms with Crippen LogP contribution < -0.4 is 16.8 Å². The molecule has 86 valence electrons. The Morgan fingerprint density at radius 3 is 2.38 bits per heavy atom. The topological polar surface area (TPSA) is 76.4 Å². The molecule has 0 radical (unpaired) electrons. The van der Waals surface area contributed by atoms with Crippen LogP contribution in [0.5, 0.6) is 0 Å². The second-order valence-electron chi connectivity index (χ2n) is 4.25. The fourth-order valence-corrected chi connectivity index (χ4v) is 2.10. The van der Waals surface area contributed by atoms with Crippen LogP contribution in [-0.2, 0) is 0 Å². The minimum Gasteiger partial charge on any atom is -0.388 e. The van der Waals surface area contributed by atoms with E-state index in [0.717, 1.165) is 18.5 Å². The van der Waals surface area contributed by atoms with Crippen molar-refractivity contribution in [1.29, 1.82) is 0 Å². The van der Waals surface area contributed by atoms with Crippen LogP contribution in [0.3, 0.4) is 0 Å². The van der Waals surface area contributed by atoms with Crippen LogP contribution in [0.25, 0.3) is 0 Å². The van der Waals surface area contributed by atoms with E-state index in [9.17, 15) is 0 Å². The van der Waals surface area contributed by atoms with Gasteiger partial charge in [-0.3, -0.25) is 4.99 Å². The first kappa shape index (κ1) is 10.8. The summed E-state index contributed by atoms with van der Waals surface area (Å²) in [7, 11) is 1.92. The van der Waals surface area contributed by atoms with Crippen LogP contribution in [0.15, 0.2) is 29.3 Å². The molecule has 4 nitrogen and oxygen atoms in total. The van der Waals surface area contributed by atoms with Gasteiger partial charge in [-0.25, -0.2) is 0 Å². The fraction of sp³-hybridized carbons (Fsp3) is 0.417. The monoisotopic (exact) mass is 218 g/mol. The summed E-state index contributed by atoms with van der Waals surface area (Å²) < 4.78 is 0. The predicted molar refractivity (Wildman–Crippen MR) is 67.6 cm³/mol. The molecule has 0 atom stereocenters. The van der Waals surface area contributed by atoms with Crippen LogP contribution >= 0.6 is 0 Å². The number of aliphatic imine (C=N–C) groups is 1. The van der Waals surface area contributed by atoms with Crippen molar-refractivity contribution in [2.75, 3.05) is 12.4 Å². The number of hydrogen-bond acceptors (Lipinski definition) is 2. The molecule has 1 aliphatic rings. The zero-order chi connectivity index (χ0) is 11.5. The largest absolute Gasteiger partial charge is 0.388 e. The lowest BCUT2D eigenvalue weighted by Crippen LogP contribution is -2.31. The highest BCUT2D eigenvalue weighted by Crippen LogP contribution is 2.38. The lowest BCUT2D eigenvalue weighted by molar-refractivity contribution is 0.353. The Labute approximate surface area is 95.7 Å². The summed E-state index contributed by atoms with van der Waals surface area (Å²) in [6.45, 7) is 0. The summed E-state index contributed by atoms with van der Waals surface area (Å²) in [6.07, 6.45) is 2.10. The van der Waals surface area contributed by atoms with Crippen LogP contribution in [0.2, 0.25) is 0 Å².